The number of rotatable bonds is 16. The summed E-state index contributed by atoms with van der Waals surface area (Å²) in [4.78, 5) is 36.0. The number of aliphatic hydroxyl groups excluding tert-OH is 1. The first-order valence-corrected chi connectivity index (χ1v) is 14.8. The lowest BCUT2D eigenvalue weighted by atomic mass is 9.85. The summed E-state index contributed by atoms with van der Waals surface area (Å²) in [6.07, 6.45) is 3.53. The van der Waals surface area contributed by atoms with E-state index in [4.69, 9.17) is 18.9 Å². The van der Waals surface area contributed by atoms with Crippen molar-refractivity contribution in [2.24, 2.45) is 0 Å². The Bertz CT molecular complexity index is 1270. The number of phenols is 1. The zero-order chi connectivity index (χ0) is 30.9. The molecule has 2 unspecified atom stereocenters. The van der Waals surface area contributed by atoms with Crippen molar-refractivity contribution in [2.75, 3.05) is 19.8 Å². The zero-order valence-electron chi connectivity index (χ0n) is 25.4. The number of fused-ring (bicyclic) bond motifs is 1. The summed E-state index contributed by atoms with van der Waals surface area (Å²) in [5.41, 5.74) is 1.49. The summed E-state index contributed by atoms with van der Waals surface area (Å²) >= 11 is 0. The van der Waals surface area contributed by atoms with E-state index in [0.29, 0.717) is 79.3 Å². The average molecular weight is 585 g/mol. The summed E-state index contributed by atoms with van der Waals surface area (Å²) in [6.45, 7) is 9.25. The van der Waals surface area contributed by atoms with Crippen molar-refractivity contribution in [3.63, 3.8) is 0 Å². The second kappa shape index (κ2) is 15.0. The molecular formula is C33H44O9. The number of esters is 1. The Kier molecular flexibility index (Phi) is 11.8. The molecule has 1 aliphatic heterocycles. The van der Waals surface area contributed by atoms with Crippen molar-refractivity contribution >= 4 is 17.5 Å². The minimum absolute atomic E-state index is 0.0168. The second-order valence-corrected chi connectivity index (χ2v) is 11.1. The van der Waals surface area contributed by atoms with Crippen LogP contribution in [0.2, 0.25) is 0 Å². The van der Waals surface area contributed by atoms with Gasteiger partial charge in [0.2, 0.25) is 0 Å². The van der Waals surface area contributed by atoms with Gasteiger partial charge in [0.1, 0.15) is 35.2 Å². The quantitative estimate of drug-likeness (QED) is 0.143. The van der Waals surface area contributed by atoms with Crippen LogP contribution in [0, 0.1) is 0 Å². The Morgan fingerprint density at radius 3 is 2.24 bits per heavy atom. The Labute approximate surface area is 248 Å². The Hall–Kier alpha value is -3.59. The van der Waals surface area contributed by atoms with Crippen LogP contribution in [0.25, 0.3) is 0 Å². The van der Waals surface area contributed by atoms with Gasteiger partial charge in [-0.3, -0.25) is 14.4 Å². The number of carbonyl (C=O) groups is 3. The zero-order valence-corrected chi connectivity index (χ0v) is 25.4. The third kappa shape index (κ3) is 8.47. The molecule has 9 heteroatoms. The number of carbonyl (C=O) groups excluding carboxylic acids is 3. The van der Waals surface area contributed by atoms with Gasteiger partial charge in [-0.1, -0.05) is 26.7 Å². The molecule has 0 spiro atoms. The van der Waals surface area contributed by atoms with Gasteiger partial charge in [0.15, 0.2) is 11.6 Å². The van der Waals surface area contributed by atoms with E-state index < -0.39 is 17.7 Å². The highest BCUT2D eigenvalue weighted by molar-refractivity contribution is 6.01. The summed E-state index contributed by atoms with van der Waals surface area (Å²) in [7, 11) is 0. The predicted octanol–water partition coefficient (Wildman–Crippen LogP) is 5.78. The molecule has 0 saturated heterocycles. The van der Waals surface area contributed by atoms with E-state index in [1.54, 1.807) is 18.2 Å². The molecule has 2 aromatic carbocycles. The van der Waals surface area contributed by atoms with Gasteiger partial charge in [0.25, 0.3) is 0 Å². The second-order valence-electron chi connectivity index (χ2n) is 11.1. The summed E-state index contributed by atoms with van der Waals surface area (Å²) in [6, 6.07) is 6.87. The van der Waals surface area contributed by atoms with E-state index in [0.717, 1.165) is 18.4 Å². The van der Waals surface area contributed by atoms with Crippen molar-refractivity contribution in [1.82, 2.24) is 0 Å². The monoisotopic (exact) mass is 584 g/mol. The SMILES string of the molecule is CCCc1c(OCCCOc2ccc3c(c2CCC)OC(C)(CCC(O)COC(C)=O)CC3=O)ccc(C(C)=O)c1O. The molecule has 0 bridgehead atoms. The van der Waals surface area contributed by atoms with Crippen LogP contribution >= 0.6 is 0 Å². The molecule has 0 aliphatic carbocycles. The molecule has 0 amide bonds. The maximum atomic E-state index is 13.1. The fraction of sp³-hybridized carbons (Fsp3) is 0.545. The standard InChI is InChI=1S/C33H44O9/c1-6-9-26-29(13-11-24(21(3)34)31(26)38)39-17-8-18-40-30-14-12-25-28(37)19-33(5,42-32(25)27(30)10-7-2)16-15-23(36)20-41-22(4)35/h11-14,23,36,38H,6-10,15-20H2,1-5H3. The van der Waals surface area contributed by atoms with Gasteiger partial charge in [-0.05, 0) is 63.8 Å². The van der Waals surface area contributed by atoms with E-state index in [1.165, 1.54) is 13.8 Å². The minimum atomic E-state index is -0.841. The van der Waals surface area contributed by atoms with Crippen molar-refractivity contribution in [3.8, 4) is 23.0 Å². The van der Waals surface area contributed by atoms with Crippen LogP contribution in [-0.4, -0.2) is 59.3 Å². The number of phenolic OH excluding ortho intramolecular Hbond substituents is 1. The molecule has 0 aromatic heterocycles. The molecule has 42 heavy (non-hydrogen) atoms. The van der Waals surface area contributed by atoms with Crippen LogP contribution < -0.4 is 14.2 Å². The molecule has 0 radical (unpaired) electrons. The number of hydrogen-bond acceptors (Lipinski definition) is 9. The van der Waals surface area contributed by atoms with Gasteiger partial charge < -0.3 is 29.2 Å². The fourth-order valence-electron chi connectivity index (χ4n) is 5.15. The Morgan fingerprint density at radius 1 is 1.00 bits per heavy atom. The molecule has 2 N–H and O–H groups in total. The van der Waals surface area contributed by atoms with Crippen LogP contribution in [0.3, 0.4) is 0 Å². The lowest BCUT2D eigenvalue weighted by molar-refractivity contribution is -0.144. The van der Waals surface area contributed by atoms with Gasteiger partial charge in [0, 0.05) is 24.5 Å². The smallest absolute Gasteiger partial charge is 0.302 e. The molecule has 0 fully saturated rings. The molecular weight excluding hydrogens is 540 g/mol. The van der Waals surface area contributed by atoms with Crippen molar-refractivity contribution in [3.05, 3.63) is 46.5 Å². The van der Waals surface area contributed by atoms with Crippen molar-refractivity contribution < 1.29 is 43.5 Å². The van der Waals surface area contributed by atoms with Gasteiger partial charge in [-0.2, -0.15) is 0 Å². The first-order valence-electron chi connectivity index (χ1n) is 14.8. The maximum Gasteiger partial charge on any atom is 0.302 e. The van der Waals surface area contributed by atoms with E-state index in [-0.39, 0.29) is 30.3 Å². The first kappa shape index (κ1) is 32.9. The predicted molar refractivity (Wildman–Crippen MR) is 158 cm³/mol. The molecule has 1 aliphatic rings. The van der Waals surface area contributed by atoms with Crippen molar-refractivity contribution in [2.45, 2.75) is 97.7 Å². The van der Waals surface area contributed by atoms with Crippen LogP contribution in [0.1, 0.15) is 105 Å². The number of benzene rings is 2. The lowest BCUT2D eigenvalue weighted by Crippen LogP contribution is -2.40. The Morgan fingerprint density at radius 2 is 1.62 bits per heavy atom. The number of ketones is 2. The van der Waals surface area contributed by atoms with Crippen LogP contribution in [-0.2, 0) is 22.4 Å². The highest BCUT2D eigenvalue weighted by atomic mass is 16.5. The first-order chi connectivity index (χ1) is 20.0. The highest BCUT2D eigenvalue weighted by Crippen LogP contribution is 2.42. The number of ether oxygens (including phenoxy) is 4. The number of hydrogen-bond donors (Lipinski definition) is 2. The Balaban J connectivity index is 1.66. The van der Waals surface area contributed by atoms with E-state index in [1.807, 2.05) is 26.8 Å². The van der Waals surface area contributed by atoms with E-state index >= 15 is 0 Å². The van der Waals surface area contributed by atoms with Crippen molar-refractivity contribution in [1.29, 1.82) is 0 Å². The summed E-state index contributed by atoms with van der Waals surface area (Å²) in [5.74, 6) is 1.06. The number of Topliss-reactive ketones (excluding diaryl/α,β-unsaturated/α-hetero) is 2. The molecule has 2 atom stereocenters. The van der Waals surface area contributed by atoms with E-state index in [2.05, 4.69) is 0 Å². The van der Waals surface area contributed by atoms with Gasteiger partial charge in [-0.25, -0.2) is 0 Å². The molecule has 9 nitrogen and oxygen atoms in total. The summed E-state index contributed by atoms with van der Waals surface area (Å²) < 4.78 is 23.5. The van der Waals surface area contributed by atoms with Crippen LogP contribution in [0.4, 0.5) is 0 Å². The largest absolute Gasteiger partial charge is 0.507 e. The van der Waals surface area contributed by atoms with Gasteiger partial charge in [0.05, 0.1) is 36.9 Å². The lowest BCUT2D eigenvalue weighted by Gasteiger charge is -2.37. The topological polar surface area (TPSA) is 129 Å². The van der Waals surface area contributed by atoms with Crippen LogP contribution in [0.15, 0.2) is 24.3 Å². The molecule has 2 aromatic rings. The third-order valence-corrected chi connectivity index (χ3v) is 7.31. The third-order valence-electron chi connectivity index (χ3n) is 7.31. The van der Waals surface area contributed by atoms with E-state index in [9.17, 15) is 24.6 Å². The average Bonchev–Trinajstić information content (AvgIpc) is 2.93. The maximum absolute atomic E-state index is 13.1. The fourth-order valence-corrected chi connectivity index (χ4v) is 5.15. The van der Waals surface area contributed by atoms with Crippen LogP contribution in [0.5, 0.6) is 23.0 Å². The molecule has 1 heterocycles. The molecule has 3 rings (SSSR count). The summed E-state index contributed by atoms with van der Waals surface area (Å²) in [5, 5.41) is 20.8. The van der Waals surface area contributed by atoms with Gasteiger partial charge in [-0.15, -0.1) is 0 Å². The minimum Gasteiger partial charge on any atom is -0.507 e. The molecule has 230 valence electrons. The normalized spacial score (nSPS) is 16.8. The molecule has 0 saturated carbocycles. The highest BCUT2D eigenvalue weighted by Gasteiger charge is 2.38. The number of aliphatic hydroxyl groups is 1. The van der Waals surface area contributed by atoms with Gasteiger partial charge >= 0.3 is 5.97 Å². The number of aromatic hydroxyl groups is 1.